The molecule has 2 atom stereocenters. The number of aromatic nitrogens is 1. The molecule has 4 rings (SSSR count). The Hall–Kier alpha value is -2.36. The molecule has 24 heavy (non-hydrogen) atoms. The van der Waals surface area contributed by atoms with Gasteiger partial charge in [-0.3, -0.25) is 10.3 Å². The van der Waals surface area contributed by atoms with Crippen LogP contribution in [0.25, 0.3) is 0 Å². The molecule has 2 N–H and O–H groups in total. The molecule has 4 heteroatoms. The molecule has 0 saturated carbocycles. The summed E-state index contributed by atoms with van der Waals surface area (Å²) in [6.45, 7) is 2.01. The van der Waals surface area contributed by atoms with Gasteiger partial charge in [0.15, 0.2) is 0 Å². The summed E-state index contributed by atoms with van der Waals surface area (Å²) < 4.78 is 0. The Bertz CT molecular complexity index is 864. The maximum atomic E-state index is 6.24. The van der Waals surface area contributed by atoms with Gasteiger partial charge in [0, 0.05) is 16.4 Å². The maximum absolute atomic E-state index is 6.24. The van der Waals surface area contributed by atoms with E-state index in [1.54, 1.807) is 0 Å². The summed E-state index contributed by atoms with van der Waals surface area (Å²) >= 11 is 6.24. The Kier molecular flexibility index (Phi) is 3.97. The van der Waals surface area contributed by atoms with Gasteiger partial charge in [-0.05, 0) is 48.4 Å². The molecule has 0 aliphatic carbocycles. The lowest BCUT2D eigenvalue weighted by atomic mass is 9.94. The zero-order chi connectivity index (χ0) is 16.5. The predicted molar refractivity (Wildman–Crippen MR) is 98.2 cm³/mol. The second-order valence-electron chi connectivity index (χ2n) is 6.02. The summed E-state index contributed by atoms with van der Waals surface area (Å²) in [4.78, 5) is 4.66. The fraction of sp³-hybridized carbons (Fsp3) is 0.150. The van der Waals surface area contributed by atoms with Gasteiger partial charge in [0.2, 0.25) is 0 Å². The van der Waals surface area contributed by atoms with Crippen molar-refractivity contribution in [2.75, 3.05) is 5.32 Å². The number of fused-ring (bicyclic) bond motifs is 1. The molecule has 0 amide bonds. The number of pyridine rings is 1. The quantitative estimate of drug-likeness (QED) is 0.703. The lowest BCUT2D eigenvalue weighted by Gasteiger charge is -2.35. The van der Waals surface area contributed by atoms with E-state index < -0.39 is 0 Å². The summed E-state index contributed by atoms with van der Waals surface area (Å²) in [6.07, 6.45) is -0.0521. The molecule has 0 spiro atoms. The molecule has 2 heterocycles. The number of aryl methyl sites for hydroxylation is 1. The van der Waals surface area contributed by atoms with Crippen molar-refractivity contribution in [1.82, 2.24) is 10.3 Å². The Morgan fingerprint density at radius 3 is 2.58 bits per heavy atom. The van der Waals surface area contributed by atoms with Crippen LogP contribution < -0.4 is 10.6 Å². The number of halogens is 1. The largest absolute Gasteiger partial charge is 0.364 e. The average Bonchev–Trinajstić information content (AvgIpc) is 2.61. The molecule has 0 bridgehead atoms. The predicted octanol–water partition coefficient (Wildman–Crippen LogP) is 4.85. The van der Waals surface area contributed by atoms with E-state index in [4.69, 9.17) is 11.6 Å². The van der Waals surface area contributed by atoms with Crippen molar-refractivity contribution < 1.29 is 0 Å². The van der Waals surface area contributed by atoms with Crippen LogP contribution in [-0.4, -0.2) is 4.98 Å². The van der Waals surface area contributed by atoms with Crippen molar-refractivity contribution in [3.05, 3.63) is 94.3 Å². The van der Waals surface area contributed by atoms with Gasteiger partial charge < -0.3 is 5.32 Å². The van der Waals surface area contributed by atoms with Crippen LogP contribution in [-0.2, 0) is 0 Å². The van der Waals surface area contributed by atoms with Crippen molar-refractivity contribution >= 4 is 17.3 Å². The Balaban J connectivity index is 1.79. The van der Waals surface area contributed by atoms with Crippen molar-refractivity contribution in [3.63, 3.8) is 0 Å². The number of hydrogen-bond donors (Lipinski definition) is 2. The fourth-order valence-electron chi connectivity index (χ4n) is 3.16. The molecule has 2 aromatic carbocycles. The van der Waals surface area contributed by atoms with Gasteiger partial charge in [0.25, 0.3) is 0 Å². The summed E-state index contributed by atoms with van der Waals surface area (Å²) in [5, 5.41) is 7.94. The monoisotopic (exact) mass is 335 g/mol. The first-order valence-electron chi connectivity index (χ1n) is 8.01. The lowest BCUT2D eigenvalue weighted by Crippen LogP contribution is -2.37. The number of nitrogens with one attached hydrogen (secondary N) is 2. The van der Waals surface area contributed by atoms with E-state index in [2.05, 4.69) is 39.9 Å². The highest BCUT2D eigenvalue weighted by Gasteiger charge is 2.28. The van der Waals surface area contributed by atoms with E-state index in [1.165, 1.54) is 5.56 Å². The van der Waals surface area contributed by atoms with Crippen LogP contribution in [0.2, 0.25) is 5.02 Å². The summed E-state index contributed by atoms with van der Waals surface area (Å²) in [5.41, 5.74) is 5.43. The van der Waals surface area contributed by atoms with Gasteiger partial charge in [-0.25, -0.2) is 0 Å². The van der Waals surface area contributed by atoms with Crippen LogP contribution in [0.15, 0.2) is 66.7 Å². The number of hydrogen-bond acceptors (Lipinski definition) is 3. The van der Waals surface area contributed by atoms with Crippen LogP contribution in [0.5, 0.6) is 0 Å². The highest BCUT2D eigenvalue weighted by Crippen LogP contribution is 2.37. The second kappa shape index (κ2) is 6.27. The van der Waals surface area contributed by atoms with Crippen LogP contribution >= 0.6 is 11.6 Å². The third-order valence-corrected chi connectivity index (χ3v) is 4.53. The molecular formula is C20H18ClN3. The van der Waals surface area contributed by atoms with E-state index in [1.807, 2.05) is 49.4 Å². The number of nitrogens with zero attached hydrogens (tertiary/aromatic N) is 1. The number of rotatable bonds is 2. The van der Waals surface area contributed by atoms with E-state index in [-0.39, 0.29) is 12.2 Å². The normalized spacial score (nSPS) is 19.4. The Morgan fingerprint density at radius 2 is 1.79 bits per heavy atom. The number of anilines is 1. The molecule has 120 valence electrons. The first kappa shape index (κ1) is 15.2. The minimum absolute atomic E-state index is 0.0521. The van der Waals surface area contributed by atoms with Crippen molar-refractivity contribution in [3.8, 4) is 0 Å². The second-order valence-corrected chi connectivity index (χ2v) is 6.46. The third-order valence-electron chi connectivity index (χ3n) is 4.30. The molecule has 2 unspecified atom stereocenters. The van der Waals surface area contributed by atoms with Gasteiger partial charge in [-0.15, -0.1) is 0 Å². The topological polar surface area (TPSA) is 37.0 Å². The van der Waals surface area contributed by atoms with Crippen LogP contribution in [0.3, 0.4) is 0 Å². The van der Waals surface area contributed by atoms with E-state index in [0.717, 1.165) is 27.7 Å². The van der Waals surface area contributed by atoms with Gasteiger partial charge in [-0.2, -0.15) is 0 Å². The van der Waals surface area contributed by atoms with Crippen molar-refractivity contribution in [2.24, 2.45) is 0 Å². The highest BCUT2D eigenvalue weighted by atomic mass is 35.5. The van der Waals surface area contributed by atoms with E-state index in [9.17, 15) is 0 Å². The molecule has 1 aliphatic heterocycles. The van der Waals surface area contributed by atoms with Crippen LogP contribution in [0.1, 0.15) is 34.7 Å². The smallest absolute Gasteiger partial charge is 0.121 e. The fourth-order valence-corrected chi connectivity index (χ4v) is 3.34. The van der Waals surface area contributed by atoms with Gasteiger partial charge in [-0.1, -0.05) is 48.0 Å². The zero-order valence-electron chi connectivity index (χ0n) is 13.3. The SMILES string of the molecule is Cc1cccc(C2Nc3ccc(Cl)cc3C(c3ccccc3)N2)n1. The summed E-state index contributed by atoms with van der Waals surface area (Å²) in [5.74, 6) is 0. The molecule has 1 aliphatic rings. The minimum atomic E-state index is -0.0521. The average molecular weight is 336 g/mol. The maximum Gasteiger partial charge on any atom is 0.121 e. The van der Waals surface area contributed by atoms with E-state index >= 15 is 0 Å². The Morgan fingerprint density at radius 1 is 0.958 bits per heavy atom. The molecule has 0 saturated heterocycles. The zero-order valence-corrected chi connectivity index (χ0v) is 14.1. The Labute approximate surface area is 146 Å². The summed E-state index contributed by atoms with van der Waals surface area (Å²) in [6, 6.07) is 22.5. The van der Waals surface area contributed by atoms with Gasteiger partial charge >= 0.3 is 0 Å². The molecule has 0 fully saturated rings. The van der Waals surface area contributed by atoms with Gasteiger partial charge in [0.1, 0.15) is 6.17 Å². The first-order valence-corrected chi connectivity index (χ1v) is 8.39. The third kappa shape index (κ3) is 2.88. The molecule has 0 radical (unpaired) electrons. The molecule has 3 nitrogen and oxygen atoms in total. The molecular weight excluding hydrogens is 318 g/mol. The first-order chi connectivity index (χ1) is 11.7. The van der Waals surface area contributed by atoms with E-state index in [0.29, 0.717) is 0 Å². The minimum Gasteiger partial charge on any atom is -0.364 e. The standard InChI is InChI=1S/C20H18ClN3/c1-13-6-5-9-18(22-13)20-23-17-11-10-15(21)12-16(17)19(24-20)14-7-3-2-4-8-14/h2-12,19-20,23-24H,1H3. The highest BCUT2D eigenvalue weighted by molar-refractivity contribution is 6.30. The summed E-state index contributed by atoms with van der Waals surface area (Å²) in [7, 11) is 0. The van der Waals surface area contributed by atoms with Crippen LogP contribution in [0.4, 0.5) is 5.69 Å². The number of benzene rings is 2. The van der Waals surface area contributed by atoms with Crippen LogP contribution in [0, 0.1) is 6.92 Å². The molecule has 3 aromatic rings. The molecule has 1 aromatic heterocycles. The van der Waals surface area contributed by atoms with Crippen molar-refractivity contribution in [2.45, 2.75) is 19.1 Å². The van der Waals surface area contributed by atoms with Crippen molar-refractivity contribution in [1.29, 1.82) is 0 Å². The lowest BCUT2D eigenvalue weighted by molar-refractivity contribution is 0.497. The van der Waals surface area contributed by atoms with Gasteiger partial charge in [0.05, 0.1) is 11.7 Å².